The molecule has 0 saturated carbocycles. The van der Waals surface area contributed by atoms with Crippen molar-refractivity contribution < 1.29 is 13.2 Å². The number of fused-ring (bicyclic) bond motifs is 2. The van der Waals surface area contributed by atoms with Crippen LogP contribution in [-0.4, -0.2) is 66.6 Å². The van der Waals surface area contributed by atoms with Crippen molar-refractivity contribution in [1.29, 1.82) is 0 Å². The van der Waals surface area contributed by atoms with Gasteiger partial charge in [-0.3, -0.25) is 4.79 Å². The molecule has 0 spiro atoms. The third kappa shape index (κ3) is 4.76. The number of sulfonamides is 1. The molecule has 0 unspecified atom stereocenters. The van der Waals surface area contributed by atoms with Gasteiger partial charge in [-0.2, -0.15) is 4.31 Å². The Kier molecular flexibility index (Phi) is 7.02. The monoisotopic (exact) mass is 616 g/mol. The zero-order valence-corrected chi connectivity index (χ0v) is 22.5. The van der Waals surface area contributed by atoms with Gasteiger partial charge in [-0.1, -0.05) is 23.7 Å². The van der Waals surface area contributed by atoms with Gasteiger partial charge in [0.25, 0.3) is 5.91 Å². The summed E-state index contributed by atoms with van der Waals surface area (Å²) in [6, 6.07) is 10.4. The first kappa shape index (κ1) is 24.4. The van der Waals surface area contributed by atoms with Crippen LogP contribution in [0.2, 0.25) is 5.02 Å². The second kappa shape index (κ2) is 9.49. The van der Waals surface area contributed by atoms with Crippen LogP contribution in [0.15, 0.2) is 47.5 Å². The standard InChI is InChI=1S/C22H21ClN4O3S2.HI/c1-25-7-6-20-19(14-25)24-21(31-20)22(28)26-8-10-27(11-9-26)32(29,30)18-5-3-15-12-17(23)4-2-16(15)13-18;/h2-7,12-13H,8-11,14H2,1H3;1H. The van der Waals surface area contributed by atoms with Crippen LogP contribution in [0.4, 0.5) is 0 Å². The van der Waals surface area contributed by atoms with E-state index in [1.165, 1.54) is 15.6 Å². The van der Waals surface area contributed by atoms with E-state index in [0.717, 1.165) is 21.3 Å². The maximum Gasteiger partial charge on any atom is 0.282 e. The Labute approximate surface area is 218 Å². The number of benzene rings is 2. The van der Waals surface area contributed by atoms with Crippen LogP contribution in [0, 0.1) is 0 Å². The summed E-state index contributed by atoms with van der Waals surface area (Å²) in [5.41, 5.74) is 0.905. The summed E-state index contributed by atoms with van der Waals surface area (Å²) in [6.45, 7) is 1.85. The van der Waals surface area contributed by atoms with Gasteiger partial charge in [0.2, 0.25) is 10.0 Å². The molecule has 2 aromatic carbocycles. The molecule has 1 fully saturated rings. The summed E-state index contributed by atoms with van der Waals surface area (Å²) in [7, 11) is -1.69. The van der Waals surface area contributed by atoms with E-state index in [9.17, 15) is 13.2 Å². The molecule has 0 aliphatic carbocycles. The van der Waals surface area contributed by atoms with Crippen LogP contribution in [0.25, 0.3) is 16.8 Å². The number of halogens is 2. The first-order chi connectivity index (χ1) is 15.3. The summed E-state index contributed by atoms with van der Waals surface area (Å²) in [5.74, 6) is -0.139. The van der Waals surface area contributed by atoms with Crippen molar-refractivity contribution >= 4 is 79.7 Å². The summed E-state index contributed by atoms with van der Waals surface area (Å²) in [6.07, 6.45) is 3.94. The number of piperazine rings is 1. The number of thiazole rings is 1. The fourth-order valence-electron chi connectivity index (χ4n) is 3.95. The average Bonchev–Trinajstić information content (AvgIpc) is 3.21. The summed E-state index contributed by atoms with van der Waals surface area (Å²) >= 11 is 7.41. The van der Waals surface area contributed by atoms with E-state index in [0.29, 0.717) is 29.7 Å². The lowest BCUT2D eigenvalue weighted by atomic mass is 10.1. The predicted molar refractivity (Wildman–Crippen MR) is 142 cm³/mol. The molecule has 0 radical (unpaired) electrons. The normalized spacial score (nSPS) is 16.5. The van der Waals surface area contributed by atoms with Crippen LogP contribution in [0.5, 0.6) is 0 Å². The van der Waals surface area contributed by atoms with E-state index >= 15 is 0 Å². The molecule has 1 aromatic heterocycles. The molecule has 33 heavy (non-hydrogen) atoms. The Morgan fingerprint density at radius 2 is 1.76 bits per heavy atom. The zero-order valence-electron chi connectivity index (χ0n) is 17.8. The quantitative estimate of drug-likeness (QED) is 0.414. The van der Waals surface area contributed by atoms with E-state index in [2.05, 4.69) is 4.98 Å². The number of hydrogen-bond donors (Lipinski definition) is 0. The third-order valence-corrected chi connectivity index (χ3v) is 8.91. The highest BCUT2D eigenvalue weighted by atomic mass is 127. The first-order valence-electron chi connectivity index (χ1n) is 10.2. The lowest BCUT2D eigenvalue weighted by Gasteiger charge is -2.33. The van der Waals surface area contributed by atoms with Crippen LogP contribution >= 0.6 is 46.9 Å². The van der Waals surface area contributed by atoms with E-state index in [1.807, 2.05) is 36.4 Å². The lowest BCUT2D eigenvalue weighted by molar-refractivity contribution is 0.0697. The highest BCUT2D eigenvalue weighted by molar-refractivity contribution is 14.0. The van der Waals surface area contributed by atoms with Gasteiger partial charge in [0.1, 0.15) is 0 Å². The molecular formula is C22H22ClIN4O3S2. The van der Waals surface area contributed by atoms with Crippen molar-refractivity contribution in [3.63, 3.8) is 0 Å². The number of aromatic nitrogens is 1. The van der Waals surface area contributed by atoms with Crippen LogP contribution in [0.3, 0.4) is 0 Å². The minimum Gasteiger partial charge on any atom is -0.374 e. The molecule has 5 rings (SSSR count). The minimum absolute atomic E-state index is 0. The maximum absolute atomic E-state index is 13.2. The number of rotatable bonds is 3. The Balaban J connectivity index is 0.00000259. The summed E-state index contributed by atoms with van der Waals surface area (Å²) < 4.78 is 27.8. The minimum atomic E-state index is -3.65. The van der Waals surface area contributed by atoms with E-state index in [4.69, 9.17) is 11.6 Å². The predicted octanol–water partition coefficient (Wildman–Crippen LogP) is 4.13. The topological polar surface area (TPSA) is 73.8 Å². The Morgan fingerprint density at radius 3 is 2.52 bits per heavy atom. The molecular weight excluding hydrogens is 595 g/mol. The van der Waals surface area contributed by atoms with Crippen LogP contribution in [0.1, 0.15) is 20.4 Å². The lowest BCUT2D eigenvalue weighted by Crippen LogP contribution is -2.50. The molecule has 1 saturated heterocycles. The van der Waals surface area contributed by atoms with E-state index in [1.54, 1.807) is 29.2 Å². The first-order valence-corrected chi connectivity index (χ1v) is 12.8. The zero-order chi connectivity index (χ0) is 22.5. The fraction of sp³-hybridized carbons (Fsp3) is 0.273. The van der Waals surface area contributed by atoms with E-state index < -0.39 is 10.0 Å². The molecule has 7 nitrogen and oxygen atoms in total. The molecule has 11 heteroatoms. The molecule has 174 valence electrons. The van der Waals surface area contributed by atoms with Gasteiger partial charge in [0.15, 0.2) is 5.01 Å². The molecule has 2 aliphatic heterocycles. The largest absolute Gasteiger partial charge is 0.374 e. The van der Waals surface area contributed by atoms with Gasteiger partial charge in [-0.25, -0.2) is 13.4 Å². The van der Waals surface area contributed by atoms with Crippen LogP contribution in [-0.2, 0) is 16.6 Å². The Hall–Kier alpha value is -1.73. The van der Waals surface area contributed by atoms with Crippen molar-refractivity contribution in [3.05, 3.63) is 63.2 Å². The van der Waals surface area contributed by atoms with Gasteiger partial charge in [-0.05, 0) is 41.1 Å². The Bertz CT molecular complexity index is 1350. The van der Waals surface area contributed by atoms with Gasteiger partial charge >= 0.3 is 0 Å². The molecule has 0 bridgehead atoms. The molecule has 0 atom stereocenters. The molecule has 1 amide bonds. The highest BCUT2D eigenvalue weighted by Gasteiger charge is 2.32. The second-order valence-corrected chi connectivity index (χ2v) is 11.3. The van der Waals surface area contributed by atoms with E-state index in [-0.39, 0.29) is 47.9 Å². The van der Waals surface area contributed by atoms with Crippen molar-refractivity contribution in [1.82, 2.24) is 19.1 Å². The molecule has 2 aliphatic rings. The summed E-state index contributed by atoms with van der Waals surface area (Å²) in [5, 5.41) is 2.77. The van der Waals surface area contributed by atoms with Gasteiger partial charge in [0.05, 0.1) is 22.0 Å². The van der Waals surface area contributed by atoms with Crippen LogP contribution < -0.4 is 0 Å². The molecule has 3 heterocycles. The number of carbonyl (C=O) groups is 1. The number of hydrogen-bond acceptors (Lipinski definition) is 6. The second-order valence-electron chi connectivity index (χ2n) is 7.91. The smallest absolute Gasteiger partial charge is 0.282 e. The average molecular weight is 617 g/mol. The van der Waals surface area contributed by atoms with Crippen molar-refractivity contribution in [2.75, 3.05) is 33.2 Å². The molecule has 0 N–H and O–H groups in total. The summed E-state index contributed by atoms with van der Waals surface area (Å²) in [4.78, 5) is 22.4. The van der Waals surface area contributed by atoms with Crippen molar-refractivity contribution in [3.8, 4) is 0 Å². The Morgan fingerprint density at radius 1 is 1.06 bits per heavy atom. The van der Waals surface area contributed by atoms with Crippen molar-refractivity contribution in [2.24, 2.45) is 0 Å². The number of nitrogens with zero attached hydrogens (tertiary/aromatic N) is 4. The highest BCUT2D eigenvalue weighted by Crippen LogP contribution is 2.28. The third-order valence-electron chi connectivity index (χ3n) is 5.73. The fourth-order valence-corrected chi connectivity index (χ4v) is 6.53. The van der Waals surface area contributed by atoms with Gasteiger partial charge < -0.3 is 9.80 Å². The van der Waals surface area contributed by atoms with Crippen molar-refractivity contribution in [2.45, 2.75) is 11.4 Å². The maximum atomic E-state index is 13.2. The SMILES string of the molecule is CN1C=Cc2sc(C(=O)N3CCN(S(=O)(=O)c4ccc5cc(Cl)ccc5c4)CC3)nc2C1.I. The van der Waals surface area contributed by atoms with Gasteiger partial charge in [0, 0.05) is 44.4 Å². The molecule has 3 aromatic rings. The number of carbonyl (C=O) groups excluding carboxylic acids is 1. The van der Waals surface area contributed by atoms with Gasteiger partial charge in [-0.15, -0.1) is 35.3 Å². The number of amides is 1.